The van der Waals surface area contributed by atoms with Crippen molar-refractivity contribution in [1.29, 1.82) is 0 Å². The van der Waals surface area contributed by atoms with Crippen LogP contribution in [0.25, 0.3) is 0 Å². The van der Waals surface area contributed by atoms with Gasteiger partial charge in [0, 0.05) is 20.3 Å². The quantitative estimate of drug-likeness (QED) is 0.574. The molecule has 0 aromatic carbocycles. The van der Waals surface area contributed by atoms with Gasteiger partial charge < -0.3 is 4.90 Å². The van der Waals surface area contributed by atoms with Gasteiger partial charge in [-0.2, -0.15) is 0 Å². The lowest BCUT2D eigenvalue weighted by atomic mass is 10.6. The molecule has 3 nitrogen and oxygen atoms in total. The highest BCUT2D eigenvalue weighted by molar-refractivity contribution is 6.29. The first kappa shape index (κ1) is 7.28. The summed E-state index contributed by atoms with van der Waals surface area (Å²) in [6.07, 6.45) is 1.63. The largest absolute Gasteiger partial charge is 0.347 e. The third-order valence-electron chi connectivity index (χ3n) is 1.01. The average molecular weight is 158 g/mol. The molecule has 0 atom stereocenters. The van der Waals surface area contributed by atoms with Crippen LogP contribution in [0.2, 0.25) is 5.15 Å². The van der Waals surface area contributed by atoms with E-state index in [0.29, 0.717) is 11.1 Å². The Morgan fingerprint density at radius 3 is 2.60 bits per heavy atom. The Bertz CT molecular complexity index is 224. The first-order chi connectivity index (χ1) is 4.70. The minimum Gasteiger partial charge on any atom is -0.347 e. The molecule has 0 bridgehead atoms. The second kappa shape index (κ2) is 2.84. The average Bonchev–Trinajstić information content (AvgIpc) is 1.88. The lowest BCUT2D eigenvalue weighted by Gasteiger charge is -2.07. The zero-order valence-electron chi connectivity index (χ0n) is 5.87. The second-order valence-corrected chi connectivity index (χ2v) is 2.46. The minimum atomic E-state index is 0.471. The molecule has 0 aliphatic rings. The normalized spacial score (nSPS) is 9.50. The molecule has 0 radical (unpaired) electrons. The van der Waals surface area contributed by atoms with E-state index in [1.54, 1.807) is 17.2 Å². The fourth-order valence-electron chi connectivity index (χ4n) is 0.543. The van der Waals surface area contributed by atoms with Gasteiger partial charge in [-0.25, -0.2) is 9.97 Å². The lowest BCUT2D eigenvalue weighted by molar-refractivity contribution is 0.999. The Morgan fingerprint density at radius 2 is 2.20 bits per heavy atom. The van der Waals surface area contributed by atoms with Gasteiger partial charge in [-0.05, 0) is 6.07 Å². The molecular weight excluding hydrogens is 150 g/mol. The SMILES string of the molecule is CN(C)c1nccc(Cl)n1. The van der Waals surface area contributed by atoms with Crippen LogP contribution in [-0.4, -0.2) is 24.1 Å². The summed E-state index contributed by atoms with van der Waals surface area (Å²) >= 11 is 5.61. The Kier molecular flexibility index (Phi) is 2.06. The van der Waals surface area contributed by atoms with E-state index in [9.17, 15) is 0 Å². The Balaban J connectivity index is 2.96. The van der Waals surface area contributed by atoms with Gasteiger partial charge in [0.15, 0.2) is 0 Å². The molecular formula is C6H8ClN3. The molecule has 1 aromatic rings. The highest BCUT2D eigenvalue weighted by Crippen LogP contribution is 2.06. The number of nitrogens with zero attached hydrogens (tertiary/aromatic N) is 3. The van der Waals surface area contributed by atoms with Crippen molar-refractivity contribution in [2.45, 2.75) is 0 Å². The predicted octanol–water partition coefficient (Wildman–Crippen LogP) is 1.20. The van der Waals surface area contributed by atoms with Crippen molar-refractivity contribution in [3.05, 3.63) is 17.4 Å². The van der Waals surface area contributed by atoms with E-state index in [1.165, 1.54) is 0 Å². The standard InChI is InChI=1S/C6H8ClN3/c1-10(2)6-8-4-3-5(7)9-6/h3-4H,1-2H3. The van der Waals surface area contributed by atoms with E-state index in [-0.39, 0.29) is 0 Å². The molecule has 0 saturated carbocycles. The summed E-state index contributed by atoms with van der Waals surface area (Å²) in [6, 6.07) is 1.65. The third-order valence-corrected chi connectivity index (χ3v) is 1.22. The Hall–Kier alpha value is -0.830. The fraction of sp³-hybridized carbons (Fsp3) is 0.333. The van der Waals surface area contributed by atoms with Crippen LogP contribution >= 0.6 is 11.6 Å². The van der Waals surface area contributed by atoms with Crippen LogP contribution in [-0.2, 0) is 0 Å². The van der Waals surface area contributed by atoms with Crippen LogP contribution in [0.5, 0.6) is 0 Å². The lowest BCUT2D eigenvalue weighted by Crippen LogP contribution is -2.12. The molecule has 1 heterocycles. The molecule has 10 heavy (non-hydrogen) atoms. The Labute approximate surface area is 64.7 Å². The highest BCUT2D eigenvalue weighted by atomic mass is 35.5. The summed E-state index contributed by atoms with van der Waals surface area (Å²) < 4.78 is 0. The summed E-state index contributed by atoms with van der Waals surface area (Å²) in [5.74, 6) is 0.632. The fourth-order valence-corrected chi connectivity index (χ4v) is 0.675. The van der Waals surface area contributed by atoms with Crippen molar-refractivity contribution in [1.82, 2.24) is 9.97 Å². The molecule has 0 N–H and O–H groups in total. The Morgan fingerprint density at radius 1 is 1.50 bits per heavy atom. The third kappa shape index (κ3) is 1.57. The van der Waals surface area contributed by atoms with Gasteiger partial charge >= 0.3 is 0 Å². The molecule has 54 valence electrons. The number of hydrogen-bond acceptors (Lipinski definition) is 3. The topological polar surface area (TPSA) is 29.0 Å². The summed E-state index contributed by atoms with van der Waals surface area (Å²) in [5.41, 5.74) is 0. The highest BCUT2D eigenvalue weighted by Gasteiger charge is 1.96. The molecule has 1 aromatic heterocycles. The zero-order valence-corrected chi connectivity index (χ0v) is 6.63. The number of hydrogen-bond donors (Lipinski definition) is 0. The number of anilines is 1. The molecule has 0 fully saturated rings. The van der Waals surface area contributed by atoms with Gasteiger partial charge in [-0.15, -0.1) is 0 Å². The molecule has 4 heteroatoms. The van der Waals surface area contributed by atoms with Crippen LogP contribution in [0.3, 0.4) is 0 Å². The van der Waals surface area contributed by atoms with Crippen molar-refractivity contribution in [2.24, 2.45) is 0 Å². The number of halogens is 1. The van der Waals surface area contributed by atoms with E-state index in [1.807, 2.05) is 14.1 Å². The van der Waals surface area contributed by atoms with Gasteiger partial charge in [-0.1, -0.05) is 11.6 Å². The smallest absolute Gasteiger partial charge is 0.226 e. The van der Waals surface area contributed by atoms with Crippen molar-refractivity contribution in [2.75, 3.05) is 19.0 Å². The van der Waals surface area contributed by atoms with Gasteiger partial charge in [-0.3, -0.25) is 0 Å². The summed E-state index contributed by atoms with van der Waals surface area (Å²) in [6.45, 7) is 0. The van der Waals surface area contributed by atoms with Crippen molar-refractivity contribution in [3.63, 3.8) is 0 Å². The van der Waals surface area contributed by atoms with Gasteiger partial charge in [0.1, 0.15) is 5.15 Å². The molecule has 0 spiro atoms. The van der Waals surface area contributed by atoms with Crippen molar-refractivity contribution < 1.29 is 0 Å². The van der Waals surface area contributed by atoms with Gasteiger partial charge in [0.2, 0.25) is 5.95 Å². The van der Waals surface area contributed by atoms with Crippen LogP contribution in [0.1, 0.15) is 0 Å². The summed E-state index contributed by atoms with van der Waals surface area (Å²) in [7, 11) is 3.73. The molecule has 0 aliphatic carbocycles. The van der Waals surface area contributed by atoms with Crippen molar-refractivity contribution >= 4 is 17.5 Å². The monoisotopic (exact) mass is 157 g/mol. The molecule has 0 unspecified atom stereocenters. The first-order valence-electron chi connectivity index (χ1n) is 2.86. The second-order valence-electron chi connectivity index (χ2n) is 2.07. The van der Waals surface area contributed by atoms with E-state index in [2.05, 4.69) is 9.97 Å². The summed E-state index contributed by atoms with van der Waals surface area (Å²) in [4.78, 5) is 9.72. The van der Waals surface area contributed by atoms with Crippen LogP contribution in [0.4, 0.5) is 5.95 Å². The van der Waals surface area contributed by atoms with Crippen LogP contribution in [0.15, 0.2) is 12.3 Å². The predicted molar refractivity (Wildman–Crippen MR) is 41.4 cm³/mol. The van der Waals surface area contributed by atoms with Gasteiger partial charge in [0.25, 0.3) is 0 Å². The van der Waals surface area contributed by atoms with E-state index in [0.717, 1.165) is 0 Å². The zero-order chi connectivity index (χ0) is 7.56. The van der Waals surface area contributed by atoms with E-state index >= 15 is 0 Å². The van der Waals surface area contributed by atoms with Crippen LogP contribution in [0, 0.1) is 0 Å². The van der Waals surface area contributed by atoms with Gasteiger partial charge in [0.05, 0.1) is 0 Å². The van der Waals surface area contributed by atoms with E-state index in [4.69, 9.17) is 11.6 Å². The molecule has 0 saturated heterocycles. The maximum atomic E-state index is 5.61. The first-order valence-corrected chi connectivity index (χ1v) is 3.24. The van der Waals surface area contributed by atoms with E-state index < -0.39 is 0 Å². The summed E-state index contributed by atoms with van der Waals surface area (Å²) in [5, 5.41) is 0.471. The maximum Gasteiger partial charge on any atom is 0.226 e. The number of rotatable bonds is 1. The minimum absolute atomic E-state index is 0.471. The molecule has 0 amide bonds. The maximum absolute atomic E-state index is 5.61. The molecule has 1 rings (SSSR count). The number of aromatic nitrogens is 2. The van der Waals surface area contributed by atoms with Crippen molar-refractivity contribution in [3.8, 4) is 0 Å². The van der Waals surface area contributed by atoms with Crippen LogP contribution < -0.4 is 4.90 Å². The molecule has 0 aliphatic heterocycles.